The van der Waals surface area contributed by atoms with Gasteiger partial charge in [-0.1, -0.05) is 11.6 Å². The third kappa shape index (κ3) is 4.38. The van der Waals surface area contributed by atoms with Crippen molar-refractivity contribution in [1.29, 1.82) is 0 Å². The van der Waals surface area contributed by atoms with E-state index in [1.165, 1.54) is 27.2 Å². The zero-order valence-corrected chi connectivity index (χ0v) is 16.9. The van der Waals surface area contributed by atoms with Crippen molar-refractivity contribution in [2.45, 2.75) is 6.54 Å². The number of benzene rings is 1. The summed E-state index contributed by atoms with van der Waals surface area (Å²) in [5, 5.41) is 4.44. The molecule has 23 heavy (non-hydrogen) atoms. The highest BCUT2D eigenvalue weighted by atomic mass is 79.9. The van der Waals surface area contributed by atoms with Crippen LogP contribution in [0.4, 0.5) is 5.69 Å². The van der Waals surface area contributed by atoms with Gasteiger partial charge >= 0.3 is 0 Å². The summed E-state index contributed by atoms with van der Waals surface area (Å²) >= 11 is 13.0. The van der Waals surface area contributed by atoms with Crippen LogP contribution >= 0.6 is 64.3 Å². The normalized spacial score (nSPS) is 11.9. The molecule has 0 fully saturated rings. The van der Waals surface area contributed by atoms with Crippen molar-refractivity contribution in [3.63, 3.8) is 0 Å². The van der Waals surface area contributed by atoms with E-state index >= 15 is 0 Å². The number of aromatic nitrogens is 4. The van der Waals surface area contributed by atoms with Gasteiger partial charge in [0.05, 0.1) is 21.2 Å². The first kappa shape index (κ1) is 17.0. The van der Waals surface area contributed by atoms with Crippen molar-refractivity contribution in [3.8, 4) is 5.75 Å². The highest BCUT2D eigenvalue weighted by Gasteiger charge is 2.09. The highest BCUT2D eigenvalue weighted by molar-refractivity contribution is 9.11. The predicted molar refractivity (Wildman–Crippen MR) is 97.6 cm³/mol. The molecule has 3 rings (SSSR count). The number of hydrogen-bond donors (Lipinski definition) is 0. The summed E-state index contributed by atoms with van der Waals surface area (Å²) in [6.07, 6.45) is 3.14. The average Bonchev–Trinajstić information content (AvgIpc) is 3.15. The standard InChI is InChI=1S/C12H8Br2ClN5OS2/c13-8-3-7(18-12-11(15)19-23-22-12)4-9(14)10(8)21-2-1-20-6-16-5-17-20/h3-6H,1-2H2. The molecule has 0 aliphatic carbocycles. The minimum atomic E-state index is 0.417. The lowest BCUT2D eigenvalue weighted by molar-refractivity contribution is 0.288. The molecular formula is C12H8Br2ClN5OS2. The third-order valence-corrected chi connectivity index (χ3v) is 6.01. The van der Waals surface area contributed by atoms with E-state index in [0.29, 0.717) is 28.7 Å². The molecule has 0 saturated heterocycles. The summed E-state index contributed by atoms with van der Waals surface area (Å²) in [5.74, 6) is 0.710. The second-order valence-electron chi connectivity index (χ2n) is 4.20. The maximum atomic E-state index is 5.97. The number of nitrogens with zero attached hydrogens (tertiary/aromatic N) is 5. The Balaban J connectivity index is 1.76. The maximum Gasteiger partial charge on any atom is 0.179 e. The van der Waals surface area contributed by atoms with Crippen LogP contribution < -0.4 is 9.41 Å². The Hall–Kier alpha value is -0.810. The summed E-state index contributed by atoms with van der Waals surface area (Å²) < 4.78 is 13.8. The first-order chi connectivity index (χ1) is 11.1. The average molecular weight is 498 g/mol. The molecule has 0 aliphatic rings. The largest absolute Gasteiger partial charge is 0.489 e. The van der Waals surface area contributed by atoms with Crippen LogP contribution in [0.25, 0.3) is 0 Å². The Morgan fingerprint density at radius 2 is 2.09 bits per heavy atom. The maximum absolute atomic E-state index is 5.97. The Morgan fingerprint density at radius 1 is 1.30 bits per heavy atom. The molecule has 0 radical (unpaired) electrons. The van der Waals surface area contributed by atoms with Crippen LogP contribution in [0, 0.1) is 0 Å². The second-order valence-corrected chi connectivity index (χ2v) is 8.10. The monoisotopic (exact) mass is 495 g/mol. The third-order valence-electron chi connectivity index (χ3n) is 2.66. The van der Waals surface area contributed by atoms with E-state index in [1.54, 1.807) is 11.0 Å². The van der Waals surface area contributed by atoms with Gasteiger partial charge < -0.3 is 4.74 Å². The van der Waals surface area contributed by atoms with E-state index in [9.17, 15) is 0 Å². The fourth-order valence-corrected chi connectivity index (χ4v) is 5.06. The lowest BCUT2D eigenvalue weighted by Crippen LogP contribution is -2.09. The van der Waals surface area contributed by atoms with Gasteiger partial charge in [-0.2, -0.15) is 9.47 Å². The van der Waals surface area contributed by atoms with E-state index in [0.717, 1.165) is 14.6 Å². The van der Waals surface area contributed by atoms with Crippen LogP contribution in [0.3, 0.4) is 0 Å². The minimum absolute atomic E-state index is 0.417. The highest BCUT2D eigenvalue weighted by Crippen LogP contribution is 2.37. The van der Waals surface area contributed by atoms with Crippen molar-refractivity contribution in [2.24, 2.45) is 4.99 Å². The lowest BCUT2D eigenvalue weighted by atomic mass is 10.3. The minimum Gasteiger partial charge on any atom is -0.489 e. The zero-order valence-electron chi connectivity index (χ0n) is 11.3. The summed E-state index contributed by atoms with van der Waals surface area (Å²) in [6, 6.07) is 3.74. The van der Waals surface area contributed by atoms with Gasteiger partial charge in [0.2, 0.25) is 0 Å². The first-order valence-corrected chi connectivity index (χ1v) is 10.3. The molecule has 2 aromatic heterocycles. The van der Waals surface area contributed by atoms with E-state index in [4.69, 9.17) is 16.3 Å². The quantitative estimate of drug-likeness (QED) is 0.494. The van der Waals surface area contributed by atoms with Gasteiger partial charge in [0.25, 0.3) is 0 Å². The second kappa shape index (κ2) is 7.84. The molecule has 0 spiro atoms. The van der Waals surface area contributed by atoms with Gasteiger partial charge in [0, 0.05) is 10.5 Å². The molecule has 0 saturated carbocycles. The first-order valence-electron chi connectivity index (χ1n) is 6.24. The molecule has 0 aliphatic heterocycles. The Labute approximate surface area is 160 Å². The fourth-order valence-electron chi connectivity index (χ4n) is 1.68. The number of ether oxygens (including phenoxy) is 1. The predicted octanol–water partition coefficient (Wildman–Crippen LogP) is 4.29. The molecular weight excluding hydrogens is 490 g/mol. The smallest absolute Gasteiger partial charge is 0.179 e. The molecule has 120 valence electrons. The topological polar surface area (TPSA) is 65.2 Å². The van der Waals surface area contributed by atoms with Crippen molar-refractivity contribution < 1.29 is 4.74 Å². The van der Waals surface area contributed by atoms with Gasteiger partial charge in [-0.3, -0.25) is 0 Å². The summed E-state index contributed by atoms with van der Waals surface area (Å²) in [7, 11) is 2.74. The molecule has 0 unspecified atom stereocenters. The molecule has 3 aromatic rings. The van der Waals surface area contributed by atoms with E-state index in [-0.39, 0.29) is 0 Å². The van der Waals surface area contributed by atoms with Crippen molar-refractivity contribution >= 4 is 70.0 Å². The summed E-state index contributed by atoms with van der Waals surface area (Å²) in [4.78, 5) is 8.37. The van der Waals surface area contributed by atoms with E-state index < -0.39 is 0 Å². The Bertz CT molecular complexity index is 841. The fraction of sp³-hybridized carbons (Fsp3) is 0.167. The van der Waals surface area contributed by atoms with E-state index in [1.807, 2.05) is 12.1 Å². The molecule has 0 atom stereocenters. The van der Waals surface area contributed by atoms with Gasteiger partial charge in [-0.15, -0.1) is 0 Å². The Morgan fingerprint density at radius 3 is 2.70 bits per heavy atom. The van der Waals surface area contributed by atoms with Crippen molar-refractivity contribution in [3.05, 3.63) is 43.6 Å². The van der Waals surface area contributed by atoms with Gasteiger partial charge in [-0.05, 0) is 54.3 Å². The number of rotatable bonds is 5. The molecule has 0 N–H and O–H groups in total. The van der Waals surface area contributed by atoms with Crippen LogP contribution in [0.15, 0.2) is 38.7 Å². The van der Waals surface area contributed by atoms with Gasteiger partial charge in [0.15, 0.2) is 9.82 Å². The Kier molecular flexibility index (Phi) is 5.81. The SMILES string of the molecule is Clc1nssc1=Nc1cc(Br)c(OCCn2cncn2)c(Br)c1. The summed E-state index contributed by atoms with van der Waals surface area (Å²) in [5.41, 5.74) is 0.755. The van der Waals surface area contributed by atoms with Crippen LogP contribution in [0.2, 0.25) is 5.15 Å². The molecule has 11 heteroatoms. The van der Waals surface area contributed by atoms with Crippen LogP contribution in [0.1, 0.15) is 0 Å². The van der Waals surface area contributed by atoms with Gasteiger partial charge in [-0.25, -0.2) is 14.7 Å². The molecule has 6 nitrogen and oxygen atoms in total. The van der Waals surface area contributed by atoms with Gasteiger partial charge in [0.1, 0.15) is 25.0 Å². The molecule has 1 aromatic carbocycles. The number of halogens is 3. The molecule has 0 amide bonds. The summed E-state index contributed by atoms with van der Waals surface area (Å²) in [6.45, 7) is 1.09. The van der Waals surface area contributed by atoms with Crippen molar-refractivity contribution in [2.75, 3.05) is 6.61 Å². The van der Waals surface area contributed by atoms with Crippen LogP contribution in [-0.2, 0) is 6.54 Å². The lowest BCUT2D eigenvalue weighted by Gasteiger charge is -2.11. The molecule has 2 heterocycles. The zero-order chi connectivity index (χ0) is 16.2. The van der Waals surface area contributed by atoms with Crippen molar-refractivity contribution in [1.82, 2.24) is 19.1 Å². The van der Waals surface area contributed by atoms with Crippen LogP contribution in [-0.4, -0.2) is 25.7 Å². The number of hydrogen-bond acceptors (Lipinski definition) is 7. The van der Waals surface area contributed by atoms with E-state index in [2.05, 4.69) is 51.3 Å². The van der Waals surface area contributed by atoms with Crippen LogP contribution in [0.5, 0.6) is 5.75 Å². The molecule has 0 bridgehead atoms.